The molecule has 160 valence electrons. The maximum absolute atomic E-state index is 12.4. The zero-order chi connectivity index (χ0) is 22.1. The van der Waals surface area contributed by atoms with Crippen molar-refractivity contribution in [1.29, 1.82) is 0 Å². The van der Waals surface area contributed by atoms with Crippen molar-refractivity contribution in [2.75, 3.05) is 39.2 Å². The maximum Gasteiger partial charge on any atom is 0.346 e. The predicted molar refractivity (Wildman–Crippen MR) is 112 cm³/mol. The molecule has 0 aliphatic carbocycles. The molecule has 0 unspecified atom stereocenters. The molecule has 0 saturated heterocycles. The summed E-state index contributed by atoms with van der Waals surface area (Å²) >= 11 is 0. The Morgan fingerprint density at radius 3 is 1.97 bits per heavy atom. The first kappa shape index (κ1) is 22.7. The van der Waals surface area contributed by atoms with Crippen LogP contribution in [-0.2, 0) is 9.53 Å². The van der Waals surface area contributed by atoms with Gasteiger partial charge in [0.2, 0.25) is 0 Å². The van der Waals surface area contributed by atoms with Crippen molar-refractivity contribution < 1.29 is 28.6 Å². The molecule has 0 aliphatic rings. The number of esters is 1. The van der Waals surface area contributed by atoms with E-state index < -0.39 is 18.5 Å². The highest BCUT2D eigenvalue weighted by Gasteiger charge is 2.20. The van der Waals surface area contributed by atoms with E-state index in [-0.39, 0.29) is 23.0 Å². The standard InChI is InChI=1S/C22H26N2O6/c1-5-24(6-2)21(26)15-10-12-16(13-11-15)23-19(25)14-30-22(27)20-17(28-3)8-7-9-18(20)29-4/h7-13H,5-6,14H2,1-4H3,(H,23,25). The second kappa shape index (κ2) is 10.8. The molecule has 1 N–H and O–H groups in total. The van der Waals surface area contributed by atoms with Gasteiger partial charge in [-0.1, -0.05) is 6.07 Å². The first-order valence-electron chi connectivity index (χ1n) is 9.52. The molecule has 0 saturated carbocycles. The summed E-state index contributed by atoms with van der Waals surface area (Å²) in [7, 11) is 2.85. The van der Waals surface area contributed by atoms with Crippen molar-refractivity contribution in [3.8, 4) is 11.5 Å². The molecule has 2 aromatic rings. The summed E-state index contributed by atoms with van der Waals surface area (Å²) in [5, 5.41) is 2.63. The molecule has 0 bridgehead atoms. The number of ether oxygens (including phenoxy) is 3. The van der Waals surface area contributed by atoms with Crippen molar-refractivity contribution in [3.63, 3.8) is 0 Å². The lowest BCUT2D eigenvalue weighted by molar-refractivity contribution is -0.119. The normalized spacial score (nSPS) is 10.1. The lowest BCUT2D eigenvalue weighted by atomic mass is 10.1. The molecule has 0 aromatic heterocycles. The van der Waals surface area contributed by atoms with E-state index in [1.165, 1.54) is 14.2 Å². The van der Waals surface area contributed by atoms with Crippen LogP contribution in [0.2, 0.25) is 0 Å². The van der Waals surface area contributed by atoms with E-state index in [9.17, 15) is 14.4 Å². The largest absolute Gasteiger partial charge is 0.496 e. The Bertz CT molecular complexity index is 869. The van der Waals surface area contributed by atoms with Gasteiger partial charge in [0.1, 0.15) is 17.1 Å². The van der Waals surface area contributed by atoms with Crippen LogP contribution in [0.25, 0.3) is 0 Å². The number of nitrogens with zero attached hydrogens (tertiary/aromatic N) is 1. The number of hydrogen-bond acceptors (Lipinski definition) is 6. The number of nitrogens with one attached hydrogen (secondary N) is 1. The van der Waals surface area contributed by atoms with Crippen LogP contribution in [0.1, 0.15) is 34.6 Å². The second-order valence-corrected chi connectivity index (χ2v) is 6.22. The zero-order valence-electron chi connectivity index (χ0n) is 17.6. The van der Waals surface area contributed by atoms with E-state index in [0.717, 1.165) is 0 Å². The van der Waals surface area contributed by atoms with E-state index in [1.807, 2.05) is 13.8 Å². The van der Waals surface area contributed by atoms with Crippen molar-refractivity contribution in [1.82, 2.24) is 4.90 Å². The van der Waals surface area contributed by atoms with Gasteiger partial charge in [0, 0.05) is 24.3 Å². The van der Waals surface area contributed by atoms with Crippen molar-refractivity contribution in [2.45, 2.75) is 13.8 Å². The van der Waals surface area contributed by atoms with E-state index in [2.05, 4.69) is 5.32 Å². The topological polar surface area (TPSA) is 94.2 Å². The Kier molecular flexibility index (Phi) is 8.22. The first-order valence-corrected chi connectivity index (χ1v) is 9.52. The highest BCUT2D eigenvalue weighted by Crippen LogP contribution is 2.28. The van der Waals surface area contributed by atoms with Gasteiger partial charge in [0.25, 0.3) is 11.8 Å². The number of benzene rings is 2. The number of rotatable bonds is 9. The number of hydrogen-bond donors (Lipinski definition) is 1. The fourth-order valence-corrected chi connectivity index (χ4v) is 2.84. The van der Waals surface area contributed by atoms with Crippen LogP contribution in [0.5, 0.6) is 11.5 Å². The molecular weight excluding hydrogens is 388 g/mol. The molecule has 2 amide bonds. The summed E-state index contributed by atoms with van der Waals surface area (Å²) < 4.78 is 15.4. The van der Waals surface area contributed by atoms with E-state index in [4.69, 9.17) is 14.2 Å². The van der Waals surface area contributed by atoms with Crippen LogP contribution in [0.15, 0.2) is 42.5 Å². The number of amides is 2. The molecule has 0 radical (unpaired) electrons. The Morgan fingerprint density at radius 2 is 1.47 bits per heavy atom. The fourth-order valence-electron chi connectivity index (χ4n) is 2.84. The minimum atomic E-state index is -0.736. The molecule has 0 spiro atoms. The van der Waals surface area contributed by atoms with Gasteiger partial charge in [0.05, 0.1) is 14.2 Å². The molecule has 0 heterocycles. The van der Waals surface area contributed by atoms with Crippen LogP contribution < -0.4 is 14.8 Å². The van der Waals surface area contributed by atoms with Crippen LogP contribution in [0.3, 0.4) is 0 Å². The van der Waals surface area contributed by atoms with Gasteiger partial charge in [-0.3, -0.25) is 9.59 Å². The molecule has 8 heteroatoms. The Hall–Kier alpha value is -3.55. The van der Waals surface area contributed by atoms with Gasteiger partial charge in [-0.15, -0.1) is 0 Å². The minimum Gasteiger partial charge on any atom is -0.496 e. The molecule has 0 fully saturated rings. The third-order valence-corrected chi connectivity index (χ3v) is 4.43. The average molecular weight is 414 g/mol. The monoisotopic (exact) mass is 414 g/mol. The van der Waals surface area contributed by atoms with Crippen LogP contribution in [0, 0.1) is 0 Å². The van der Waals surface area contributed by atoms with Gasteiger partial charge in [0.15, 0.2) is 6.61 Å². The van der Waals surface area contributed by atoms with E-state index in [0.29, 0.717) is 24.3 Å². The lowest BCUT2D eigenvalue weighted by Crippen LogP contribution is -2.30. The van der Waals surface area contributed by atoms with Crippen molar-refractivity contribution in [3.05, 3.63) is 53.6 Å². The molecule has 2 rings (SSSR count). The van der Waals surface area contributed by atoms with E-state index >= 15 is 0 Å². The van der Waals surface area contributed by atoms with E-state index in [1.54, 1.807) is 47.4 Å². The Morgan fingerprint density at radius 1 is 0.900 bits per heavy atom. The molecular formula is C22H26N2O6. The number of carbonyl (C=O) groups is 3. The Balaban J connectivity index is 1.97. The van der Waals surface area contributed by atoms with Crippen LogP contribution >= 0.6 is 0 Å². The fraction of sp³-hybridized carbons (Fsp3) is 0.318. The highest BCUT2D eigenvalue weighted by atomic mass is 16.5. The molecule has 30 heavy (non-hydrogen) atoms. The summed E-state index contributed by atoms with van der Waals surface area (Å²) in [6, 6.07) is 11.4. The van der Waals surface area contributed by atoms with Gasteiger partial charge in [-0.05, 0) is 50.2 Å². The predicted octanol–water partition coefficient (Wildman–Crippen LogP) is 2.98. The summed E-state index contributed by atoms with van der Waals surface area (Å²) in [5.41, 5.74) is 1.13. The summed E-state index contributed by atoms with van der Waals surface area (Å²) in [4.78, 5) is 38.6. The van der Waals surface area contributed by atoms with Gasteiger partial charge in [-0.2, -0.15) is 0 Å². The molecule has 2 aromatic carbocycles. The number of carbonyl (C=O) groups excluding carboxylic acids is 3. The lowest BCUT2D eigenvalue weighted by Gasteiger charge is -2.18. The molecule has 8 nitrogen and oxygen atoms in total. The van der Waals surface area contributed by atoms with Gasteiger partial charge < -0.3 is 24.4 Å². The summed E-state index contributed by atoms with van der Waals surface area (Å²) in [6.45, 7) is 4.59. The van der Waals surface area contributed by atoms with Gasteiger partial charge in [-0.25, -0.2) is 4.79 Å². The second-order valence-electron chi connectivity index (χ2n) is 6.22. The average Bonchev–Trinajstić information content (AvgIpc) is 2.78. The first-order chi connectivity index (χ1) is 14.4. The zero-order valence-corrected chi connectivity index (χ0v) is 17.6. The molecule has 0 atom stereocenters. The molecule has 0 aliphatic heterocycles. The third-order valence-electron chi connectivity index (χ3n) is 4.43. The van der Waals surface area contributed by atoms with Crippen LogP contribution in [-0.4, -0.2) is 56.6 Å². The smallest absolute Gasteiger partial charge is 0.346 e. The van der Waals surface area contributed by atoms with Crippen molar-refractivity contribution >= 4 is 23.5 Å². The van der Waals surface area contributed by atoms with Crippen molar-refractivity contribution in [2.24, 2.45) is 0 Å². The minimum absolute atomic E-state index is 0.0717. The highest BCUT2D eigenvalue weighted by molar-refractivity contribution is 5.99. The van der Waals surface area contributed by atoms with Crippen LogP contribution in [0.4, 0.5) is 5.69 Å². The quantitative estimate of drug-likeness (QED) is 0.634. The SMILES string of the molecule is CCN(CC)C(=O)c1ccc(NC(=O)COC(=O)c2c(OC)cccc2OC)cc1. The number of anilines is 1. The maximum atomic E-state index is 12.4. The summed E-state index contributed by atoms with van der Waals surface area (Å²) in [6.07, 6.45) is 0. The summed E-state index contributed by atoms with van der Waals surface area (Å²) in [5.74, 6) is -0.751. The third kappa shape index (κ3) is 5.50. The Labute approximate surface area is 175 Å². The number of methoxy groups -OCH3 is 2. The van der Waals surface area contributed by atoms with Gasteiger partial charge >= 0.3 is 5.97 Å².